The molecular weight excluding hydrogens is 640 g/mol. The van der Waals surface area contributed by atoms with Crippen molar-refractivity contribution in [2.45, 2.75) is 114 Å². The second-order valence-corrected chi connectivity index (χ2v) is 16.8. The number of fused-ring (bicyclic) bond motifs is 7. The number of piperidine rings is 2. The zero-order chi connectivity index (χ0) is 35.1. The van der Waals surface area contributed by atoms with Crippen LogP contribution in [0.3, 0.4) is 0 Å². The summed E-state index contributed by atoms with van der Waals surface area (Å²) in [4.78, 5) is 27.5. The molecule has 8 aliphatic rings. The number of esters is 1. The van der Waals surface area contributed by atoms with Gasteiger partial charge < -0.3 is 45.9 Å². The zero-order valence-electron chi connectivity index (χ0n) is 29.4. The van der Waals surface area contributed by atoms with Crippen molar-refractivity contribution in [3.63, 3.8) is 0 Å². The van der Waals surface area contributed by atoms with Gasteiger partial charge in [0.05, 0.1) is 61.8 Å². The van der Waals surface area contributed by atoms with Crippen molar-refractivity contribution >= 4 is 11.8 Å². The number of nitrogens with two attached hydrogens (primary N) is 3. The van der Waals surface area contributed by atoms with Gasteiger partial charge in [0.1, 0.15) is 23.7 Å². The van der Waals surface area contributed by atoms with Crippen molar-refractivity contribution in [2.75, 3.05) is 26.3 Å². The number of quaternary nitrogens is 1. The lowest BCUT2D eigenvalue weighted by atomic mass is 9.57. The van der Waals surface area contributed by atoms with E-state index < -0.39 is 60.5 Å². The minimum absolute atomic E-state index is 0.0248. The van der Waals surface area contributed by atoms with Gasteiger partial charge in [-0.2, -0.15) is 0 Å². The second-order valence-electron chi connectivity index (χ2n) is 16.8. The first kappa shape index (κ1) is 35.1. The van der Waals surface area contributed by atoms with Gasteiger partial charge in [-0.05, 0) is 81.9 Å². The molecule has 10 N–H and O–H groups in total. The molecule has 16 unspecified atom stereocenters. The monoisotopic (exact) mass is 697 g/mol. The fourth-order valence-electron chi connectivity index (χ4n) is 11.9. The van der Waals surface area contributed by atoms with Crippen LogP contribution in [-0.4, -0.2) is 102 Å². The zero-order valence-corrected chi connectivity index (χ0v) is 29.4. The number of hydrogen-bond donors (Lipinski definition) is 7. The molecule has 0 aromatic carbocycles. The third-order valence-electron chi connectivity index (χ3n) is 14.4. The van der Waals surface area contributed by atoms with Gasteiger partial charge in [-0.1, -0.05) is 17.7 Å². The van der Waals surface area contributed by atoms with Crippen LogP contribution in [0.2, 0.25) is 0 Å². The molecule has 0 aromatic rings. The van der Waals surface area contributed by atoms with Crippen LogP contribution in [0.1, 0.15) is 65.2 Å². The van der Waals surface area contributed by atoms with E-state index in [4.69, 9.17) is 25.7 Å². The van der Waals surface area contributed by atoms with Crippen molar-refractivity contribution in [2.24, 2.45) is 58.8 Å². The minimum atomic E-state index is -1.06. The molecule has 50 heavy (non-hydrogen) atoms. The lowest BCUT2D eigenvalue weighted by molar-refractivity contribution is -0.706. The Balaban J connectivity index is 1.30. The summed E-state index contributed by atoms with van der Waals surface area (Å²) in [5.41, 5.74) is 16.8. The average Bonchev–Trinajstić information content (AvgIpc) is 3.40. The van der Waals surface area contributed by atoms with E-state index in [2.05, 4.69) is 23.6 Å². The number of nitrogens with one attached hydrogen (secondary N) is 1. The van der Waals surface area contributed by atoms with Crippen LogP contribution in [0.5, 0.6) is 0 Å². The van der Waals surface area contributed by atoms with Crippen LogP contribution < -0.4 is 22.1 Å². The van der Waals surface area contributed by atoms with Crippen LogP contribution in [0.4, 0.5) is 0 Å². The molecule has 0 radical (unpaired) electrons. The van der Waals surface area contributed by atoms with Gasteiger partial charge in [-0.3, -0.25) is 10.5 Å². The highest BCUT2D eigenvalue weighted by molar-refractivity contribution is 5.88. The van der Waals surface area contributed by atoms with Crippen molar-refractivity contribution in [1.82, 2.24) is 5.32 Å². The van der Waals surface area contributed by atoms with E-state index in [-0.39, 0.29) is 60.4 Å². The van der Waals surface area contributed by atoms with E-state index in [0.717, 1.165) is 45.2 Å². The number of allylic oxidation sites excluding steroid dienone is 3. The molecule has 16 atom stereocenters. The third kappa shape index (κ3) is 5.60. The molecule has 276 valence electrons. The number of hydrogen-bond acceptors (Lipinski definition) is 11. The first-order valence-corrected chi connectivity index (χ1v) is 19.2. The molecule has 0 amide bonds. The van der Waals surface area contributed by atoms with Gasteiger partial charge >= 0.3 is 5.97 Å². The molecule has 1 saturated carbocycles. The predicted molar refractivity (Wildman–Crippen MR) is 181 cm³/mol. The summed E-state index contributed by atoms with van der Waals surface area (Å²) in [5, 5.41) is 38.1. The van der Waals surface area contributed by atoms with E-state index >= 15 is 0 Å². The van der Waals surface area contributed by atoms with E-state index in [1.165, 1.54) is 16.7 Å². The molecular formula is C38H57N4O8+. The number of carbonyl (C=O) groups is 2. The van der Waals surface area contributed by atoms with Gasteiger partial charge in [0.25, 0.3) is 0 Å². The first-order valence-electron chi connectivity index (χ1n) is 19.2. The van der Waals surface area contributed by atoms with E-state index in [1.54, 1.807) is 13.0 Å². The number of ketones is 1. The molecule has 8 rings (SSSR count). The van der Waals surface area contributed by atoms with Crippen LogP contribution >= 0.6 is 0 Å². The average molecular weight is 698 g/mol. The first-order chi connectivity index (χ1) is 24.1. The summed E-state index contributed by atoms with van der Waals surface area (Å²) in [5.74, 6) is -1.28. The maximum absolute atomic E-state index is 13.8. The second kappa shape index (κ2) is 13.4. The number of Topliss-reactive ketones (excluding diaryl/α,β-unsaturated/α-hetero) is 1. The summed E-state index contributed by atoms with van der Waals surface area (Å²) in [6, 6.07) is 0. The maximum Gasteiger partial charge on any atom is 0.336 e. The van der Waals surface area contributed by atoms with Gasteiger partial charge in [-0.25, -0.2) is 4.79 Å². The number of aliphatic hydroxyl groups is 3. The summed E-state index contributed by atoms with van der Waals surface area (Å²) in [7, 11) is 0. The highest BCUT2D eigenvalue weighted by Gasteiger charge is 2.65. The molecule has 2 bridgehead atoms. The standard InChI is InChI=1S/C38H56N4O8/c1-3-17(15-43)37(47)49-28-13-24-33(46)32-27(45)12-22(16-44)48-35(32)25-9-19-6-7-41-36(40)31(19)23-5-4-18-8-20-11-29(39)42-14-21(20)10-26(30(18)23)38(28,2)50-34(24)25/h3,5,19-22,24-26,28-29,31-36,41-44,46H,4,6-16,39-40H2,1-2H3/p+1. The molecule has 12 nitrogen and oxygen atoms in total. The smallest absolute Gasteiger partial charge is 0.336 e. The van der Waals surface area contributed by atoms with Gasteiger partial charge in [-0.15, -0.1) is 0 Å². The Morgan fingerprint density at radius 2 is 1.92 bits per heavy atom. The van der Waals surface area contributed by atoms with Crippen molar-refractivity contribution < 1.29 is 44.4 Å². The number of ether oxygens (including phenoxy) is 3. The Morgan fingerprint density at radius 1 is 1.10 bits per heavy atom. The normalized spacial score (nSPS) is 48.7. The van der Waals surface area contributed by atoms with E-state index in [0.29, 0.717) is 24.7 Å². The number of rotatable bonds is 4. The van der Waals surface area contributed by atoms with Gasteiger partial charge in [0, 0.05) is 42.4 Å². The summed E-state index contributed by atoms with van der Waals surface area (Å²) < 4.78 is 20.5. The fourth-order valence-corrected chi connectivity index (χ4v) is 11.9. The Labute approximate surface area is 294 Å². The highest BCUT2D eigenvalue weighted by atomic mass is 16.6. The van der Waals surface area contributed by atoms with E-state index in [9.17, 15) is 24.9 Å². The molecule has 3 aliphatic carbocycles. The Kier molecular flexibility index (Phi) is 9.43. The van der Waals surface area contributed by atoms with Crippen LogP contribution in [0.25, 0.3) is 0 Å². The number of carbonyl (C=O) groups excluding carboxylic acids is 2. The van der Waals surface area contributed by atoms with Crippen molar-refractivity contribution in [3.05, 3.63) is 34.4 Å². The Morgan fingerprint density at radius 3 is 2.68 bits per heavy atom. The summed E-state index contributed by atoms with van der Waals surface area (Å²) >= 11 is 0. The van der Waals surface area contributed by atoms with Gasteiger partial charge in [0.15, 0.2) is 0 Å². The predicted octanol–water partition coefficient (Wildman–Crippen LogP) is -0.238. The van der Waals surface area contributed by atoms with Crippen LogP contribution in [-0.2, 0) is 23.8 Å². The lowest BCUT2D eigenvalue weighted by Crippen LogP contribution is -2.96. The van der Waals surface area contributed by atoms with Crippen molar-refractivity contribution in [1.29, 1.82) is 0 Å². The molecule has 0 aromatic heterocycles. The Hall–Kier alpha value is -2.00. The Bertz CT molecular complexity index is 1470. The third-order valence-corrected chi connectivity index (χ3v) is 14.4. The molecule has 5 aliphatic heterocycles. The molecule has 5 heterocycles. The summed E-state index contributed by atoms with van der Waals surface area (Å²) in [6.07, 6.45) is 5.84. The van der Waals surface area contributed by atoms with E-state index in [1.807, 2.05) is 0 Å². The quantitative estimate of drug-likeness (QED) is 0.151. The van der Waals surface area contributed by atoms with Gasteiger partial charge in [0.2, 0.25) is 0 Å². The maximum atomic E-state index is 13.8. The topological polar surface area (TPSA) is 203 Å². The number of aliphatic hydroxyl groups excluding tert-OH is 3. The van der Waals surface area contributed by atoms with Crippen molar-refractivity contribution in [3.8, 4) is 0 Å². The molecule has 0 spiro atoms. The lowest BCUT2D eigenvalue weighted by Gasteiger charge is -2.61. The molecule has 12 heteroatoms. The molecule has 6 fully saturated rings. The van der Waals surface area contributed by atoms with Crippen LogP contribution in [0, 0.1) is 47.3 Å². The molecule has 5 saturated heterocycles. The SMILES string of the molecule is CC=C(CO)C(=O)OC1CC2C(O)C3C(=O)CC(CO)OC3C3CC4CCNC(N)C4C4=CCC5=C4C(CC4C[NH2+]C(N)CC4C5)C1(C)OC23. The summed E-state index contributed by atoms with van der Waals surface area (Å²) in [6.45, 7) is 4.78. The minimum Gasteiger partial charge on any atom is -0.456 e. The van der Waals surface area contributed by atoms with Crippen LogP contribution in [0.15, 0.2) is 34.4 Å². The largest absolute Gasteiger partial charge is 0.456 e. The fraction of sp³-hybridized carbons (Fsp3) is 0.789. The highest BCUT2D eigenvalue weighted by Crippen LogP contribution is 2.59.